The summed E-state index contributed by atoms with van der Waals surface area (Å²) in [4.78, 5) is 40.2. The van der Waals surface area contributed by atoms with E-state index in [-0.39, 0.29) is 23.9 Å². The van der Waals surface area contributed by atoms with Crippen LogP contribution in [0.5, 0.6) is 0 Å². The number of carbonyl (C=O) groups excluding carboxylic acids is 2. The maximum Gasteiger partial charge on any atom is 0.270 e. The Morgan fingerprint density at radius 1 is 1.00 bits per heavy atom. The third kappa shape index (κ3) is 4.96. The van der Waals surface area contributed by atoms with E-state index in [0.29, 0.717) is 20.9 Å². The van der Waals surface area contributed by atoms with Gasteiger partial charge in [0.25, 0.3) is 11.6 Å². The van der Waals surface area contributed by atoms with Gasteiger partial charge in [-0.15, -0.1) is 0 Å². The first kappa shape index (κ1) is 21.1. The van der Waals surface area contributed by atoms with Crippen LogP contribution in [0.15, 0.2) is 78.9 Å². The van der Waals surface area contributed by atoms with Crippen molar-refractivity contribution in [3.05, 3.63) is 100 Å². The van der Waals surface area contributed by atoms with Crippen molar-refractivity contribution in [2.24, 2.45) is 0 Å². The van der Waals surface area contributed by atoms with Gasteiger partial charge in [-0.2, -0.15) is 0 Å². The SMILES string of the molecule is O=C(C[C@H](NC(=O)c1ccccc1)c1ccccc1)Nc1nc2ccc([N+](=O)[O-])cc2s1. The molecule has 2 N–H and O–H groups in total. The van der Waals surface area contributed by atoms with E-state index in [4.69, 9.17) is 0 Å². The molecule has 0 spiro atoms. The van der Waals surface area contributed by atoms with E-state index < -0.39 is 11.0 Å². The Morgan fingerprint density at radius 3 is 2.38 bits per heavy atom. The van der Waals surface area contributed by atoms with E-state index in [1.165, 1.54) is 12.1 Å². The molecular weight excluding hydrogens is 428 g/mol. The fraction of sp³-hybridized carbons (Fsp3) is 0.0870. The molecule has 0 fully saturated rings. The quantitative estimate of drug-likeness (QED) is 0.315. The molecule has 0 bridgehead atoms. The highest BCUT2D eigenvalue weighted by Gasteiger charge is 2.20. The molecule has 0 unspecified atom stereocenters. The number of hydrogen-bond donors (Lipinski definition) is 2. The molecule has 0 aliphatic carbocycles. The summed E-state index contributed by atoms with van der Waals surface area (Å²) < 4.78 is 0.603. The zero-order chi connectivity index (χ0) is 22.5. The zero-order valence-corrected chi connectivity index (χ0v) is 17.5. The van der Waals surface area contributed by atoms with Gasteiger partial charge >= 0.3 is 0 Å². The molecule has 4 rings (SSSR count). The number of benzene rings is 3. The number of nitro benzene ring substituents is 1. The summed E-state index contributed by atoms with van der Waals surface area (Å²) in [7, 11) is 0. The molecule has 0 aliphatic heterocycles. The van der Waals surface area contributed by atoms with Crippen LogP contribution in [-0.2, 0) is 4.79 Å². The summed E-state index contributed by atoms with van der Waals surface area (Å²) in [6, 6.07) is 21.8. The third-order valence-electron chi connectivity index (χ3n) is 4.76. The topological polar surface area (TPSA) is 114 Å². The Labute approximate surface area is 187 Å². The Hall–Kier alpha value is -4.11. The minimum Gasteiger partial charge on any atom is -0.345 e. The summed E-state index contributed by atoms with van der Waals surface area (Å²) >= 11 is 1.16. The highest BCUT2D eigenvalue weighted by molar-refractivity contribution is 7.22. The number of hydrogen-bond acceptors (Lipinski definition) is 6. The molecule has 0 aliphatic rings. The average molecular weight is 446 g/mol. The molecule has 3 aromatic carbocycles. The Kier molecular flexibility index (Phi) is 6.18. The zero-order valence-electron chi connectivity index (χ0n) is 16.7. The number of nitrogens with zero attached hydrogens (tertiary/aromatic N) is 2. The van der Waals surface area contributed by atoms with E-state index in [1.807, 2.05) is 36.4 Å². The summed E-state index contributed by atoms with van der Waals surface area (Å²) in [5.41, 5.74) is 1.83. The molecule has 160 valence electrons. The van der Waals surface area contributed by atoms with Gasteiger partial charge in [-0.25, -0.2) is 4.98 Å². The van der Waals surface area contributed by atoms with E-state index in [1.54, 1.807) is 30.3 Å². The molecule has 0 saturated heterocycles. The second-order valence-corrected chi connectivity index (χ2v) is 8.01. The number of nitrogens with one attached hydrogen (secondary N) is 2. The molecule has 0 radical (unpaired) electrons. The largest absolute Gasteiger partial charge is 0.345 e. The molecule has 32 heavy (non-hydrogen) atoms. The average Bonchev–Trinajstić information content (AvgIpc) is 3.21. The molecule has 1 atom stereocenters. The van der Waals surface area contributed by atoms with Crippen molar-refractivity contribution in [1.29, 1.82) is 0 Å². The van der Waals surface area contributed by atoms with Crippen LogP contribution < -0.4 is 10.6 Å². The smallest absolute Gasteiger partial charge is 0.270 e. The second kappa shape index (κ2) is 9.36. The van der Waals surface area contributed by atoms with Crippen LogP contribution in [0.4, 0.5) is 10.8 Å². The number of nitro groups is 1. The maximum absolute atomic E-state index is 12.8. The van der Waals surface area contributed by atoms with Gasteiger partial charge in [-0.05, 0) is 23.8 Å². The first-order valence-corrected chi connectivity index (χ1v) is 10.6. The molecule has 1 heterocycles. The number of carbonyl (C=O) groups is 2. The predicted molar refractivity (Wildman–Crippen MR) is 123 cm³/mol. The van der Waals surface area contributed by atoms with Crippen LogP contribution in [0, 0.1) is 10.1 Å². The predicted octanol–water partition coefficient (Wildman–Crippen LogP) is 4.70. The highest BCUT2D eigenvalue weighted by Crippen LogP contribution is 2.29. The lowest BCUT2D eigenvalue weighted by Crippen LogP contribution is -2.31. The van der Waals surface area contributed by atoms with Crippen LogP contribution in [0.25, 0.3) is 10.2 Å². The fourth-order valence-electron chi connectivity index (χ4n) is 3.20. The lowest BCUT2D eigenvalue weighted by atomic mass is 10.0. The van der Waals surface area contributed by atoms with Gasteiger partial charge in [0, 0.05) is 17.7 Å². The number of anilines is 1. The first-order valence-electron chi connectivity index (χ1n) is 9.75. The standard InChI is InChI=1S/C23H18N4O4S/c28-21(26-23-25-18-12-11-17(27(30)31)13-20(18)32-23)14-19(15-7-3-1-4-8-15)24-22(29)16-9-5-2-6-10-16/h1-13,19H,14H2,(H,24,29)(H,25,26,28)/t19-/m0/s1. The van der Waals surface area contributed by atoms with Crippen LogP contribution in [-0.4, -0.2) is 21.7 Å². The molecular formula is C23H18N4O4S. The normalized spacial score (nSPS) is 11.6. The number of amides is 2. The van der Waals surface area contributed by atoms with Gasteiger partial charge < -0.3 is 10.6 Å². The van der Waals surface area contributed by atoms with Crippen molar-refractivity contribution in [3.8, 4) is 0 Å². The van der Waals surface area contributed by atoms with Crippen LogP contribution >= 0.6 is 11.3 Å². The van der Waals surface area contributed by atoms with Crippen LogP contribution in [0.2, 0.25) is 0 Å². The third-order valence-corrected chi connectivity index (χ3v) is 5.70. The van der Waals surface area contributed by atoms with Gasteiger partial charge in [-0.1, -0.05) is 59.9 Å². The van der Waals surface area contributed by atoms with Gasteiger partial charge in [0.15, 0.2) is 5.13 Å². The monoisotopic (exact) mass is 446 g/mol. The van der Waals surface area contributed by atoms with E-state index in [2.05, 4.69) is 15.6 Å². The molecule has 4 aromatic rings. The van der Waals surface area contributed by atoms with Gasteiger partial charge in [-0.3, -0.25) is 19.7 Å². The minimum absolute atomic E-state index is 0.00133. The number of aromatic nitrogens is 1. The summed E-state index contributed by atoms with van der Waals surface area (Å²) in [6.07, 6.45) is -0.00133. The number of rotatable bonds is 7. The van der Waals surface area contributed by atoms with Gasteiger partial charge in [0.1, 0.15) is 0 Å². The summed E-state index contributed by atoms with van der Waals surface area (Å²) in [5.74, 6) is -0.611. The maximum atomic E-state index is 12.8. The van der Waals surface area contributed by atoms with Gasteiger partial charge in [0.2, 0.25) is 5.91 Å². The van der Waals surface area contributed by atoms with Crippen molar-refractivity contribution in [2.45, 2.75) is 12.5 Å². The van der Waals surface area contributed by atoms with Crippen LogP contribution in [0.3, 0.4) is 0 Å². The van der Waals surface area contributed by atoms with Crippen molar-refractivity contribution < 1.29 is 14.5 Å². The number of non-ortho nitro benzene ring substituents is 1. The molecule has 0 saturated carbocycles. The molecule has 1 aromatic heterocycles. The minimum atomic E-state index is -0.542. The lowest BCUT2D eigenvalue weighted by Gasteiger charge is -2.19. The second-order valence-electron chi connectivity index (χ2n) is 6.98. The number of fused-ring (bicyclic) bond motifs is 1. The van der Waals surface area contributed by atoms with Crippen molar-refractivity contribution in [1.82, 2.24) is 10.3 Å². The van der Waals surface area contributed by atoms with E-state index >= 15 is 0 Å². The Balaban J connectivity index is 1.50. The summed E-state index contributed by atoms with van der Waals surface area (Å²) in [5, 5.41) is 17.0. The lowest BCUT2D eigenvalue weighted by molar-refractivity contribution is -0.384. The Bertz CT molecular complexity index is 1280. The fourth-order valence-corrected chi connectivity index (χ4v) is 4.12. The van der Waals surface area contributed by atoms with E-state index in [9.17, 15) is 19.7 Å². The Morgan fingerprint density at radius 2 is 1.69 bits per heavy atom. The molecule has 9 heteroatoms. The van der Waals surface area contributed by atoms with Crippen molar-refractivity contribution in [2.75, 3.05) is 5.32 Å². The highest BCUT2D eigenvalue weighted by atomic mass is 32.1. The molecule has 2 amide bonds. The summed E-state index contributed by atoms with van der Waals surface area (Å²) in [6.45, 7) is 0. The van der Waals surface area contributed by atoms with Crippen LogP contribution in [0.1, 0.15) is 28.4 Å². The molecule has 8 nitrogen and oxygen atoms in total. The van der Waals surface area contributed by atoms with Crippen molar-refractivity contribution in [3.63, 3.8) is 0 Å². The van der Waals surface area contributed by atoms with E-state index in [0.717, 1.165) is 16.9 Å². The number of thiazole rings is 1. The van der Waals surface area contributed by atoms with Gasteiger partial charge in [0.05, 0.1) is 27.6 Å². The van der Waals surface area contributed by atoms with Crippen molar-refractivity contribution >= 4 is 44.2 Å². The first-order chi connectivity index (χ1) is 15.5.